The van der Waals surface area contributed by atoms with Crippen LogP contribution in [0.5, 0.6) is 0 Å². The van der Waals surface area contributed by atoms with Gasteiger partial charge >= 0.3 is 0 Å². The third-order valence-electron chi connectivity index (χ3n) is 2.30. The van der Waals surface area contributed by atoms with Crippen molar-refractivity contribution in [1.29, 1.82) is 0 Å². The van der Waals surface area contributed by atoms with Crippen LogP contribution < -0.4 is 11.1 Å². The smallest absolute Gasteiger partial charge is 0.139 e. The Bertz CT molecular complexity index is 439. The zero-order valence-corrected chi connectivity index (χ0v) is 10.00. The highest BCUT2D eigenvalue weighted by molar-refractivity contribution is 7.10. The molecule has 1 unspecified atom stereocenters. The van der Waals surface area contributed by atoms with Crippen molar-refractivity contribution in [2.75, 3.05) is 11.1 Å². The van der Waals surface area contributed by atoms with Gasteiger partial charge in [-0.3, -0.25) is 0 Å². The first-order valence-electron chi connectivity index (χ1n) is 5.26. The summed E-state index contributed by atoms with van der Waals surface area (Å²) in [4.78, 5) is 0. The summed E-state index contributed by atoms with van der Waals surface area (Å²) >= 11 is 1.40. The maximum absolute atomic E-state index is 5.57. The first-order chi connectivity index (χ1) is 7.74. The van der Waals surface area contributed by atoms with E-state index in [0.29, 0.717) is 11.9 Å². The van der Waals surface area contributed by atoms with Gasteiger partial charge in [0.1, 0.15) is 10.8 Å². The Morgan fingerprint density at radius 2 is 2.12 bits per heavy atom. The van der Waals surface area contributed by atoms with Gasteiger partial charge in [0, 0.05) is 12.1 Å². The van der Waals surface area contributed by atoms with Crippen LogP contribution in [0.15, 0.2) is 36.4 Å². The summed E-state index contributed by atoms with van der Waals surface area (Å²) in [5, 5.41) is 4.42. The summed E-state index contributed by atoms with van der Waals surface area (Å²) < 4.78 is 4.03. The van der Waals surface area contributed by atoms with Crippen LogP contribution in [0, 0.1) is 0 Å². The van der Waals surface area contributed by atoms with Gasteiger partial charge in [0.05, 0.1) is 0 Å². The number of rotatable bonds is 4. The summed E-state index contributed by atoms with van der Waals surface area (Å²) in [6.45, 7) is 2.16. The minimum Gasteiger partial charge on any atom is -0.383 e. The standard InChI is InChI=1S/C12H15N3S/c1-9(7-10-5-3-2-4-6-10)14-12-8-11(13)15-16-12/h2-6,8-9,14H,7H2,1H3,(H2,13,15). The van der Waals surface area contributed by atoms with Crippen LogP contribution >= 0.6 is 11.5 Å². The average molecular weight is 233 g/mol. The van der Waals surface area contributed by atoms with E-state index in [0.717, 1.165) is 11.4 Å². The van der Waals surface area contributed by atoms with E-state index in [9.17, 15) is 0 Å². The number of anilines is 2. The molecule has 0 bridgehead atoms. The summed E-state index contributed by atoms with van der Waals surface area (Å²) in [5.41, 5.74) is 6.90. The van der Waals surface area contributed by atoms with Crippen LogP contribution in [0.25, 0.3) is 0 Å². The van der Waals surface area contributed by atoms with E-state index in [2.05, 4.69) is 40.9 Å². The summed E-state index contributed by atoms with van der Waals surface area (Å²) in [5.74, 6) is 0.583. The van der Waals surface area contributed by atoms with Gasteiger partial charge in [-0.05, 0) is 30.4 Å². The van der Waals surface area contributed by atoms with Gasteiger partial charge in [-0.1, -0.05) is 30.3 Å². The van der Waals surface area contributed by atoms with Crippen LogP contribution in [0.3, 0.4) is 0 Å². The fraction of sp³-hybridized carbons (Fsp3) is 0.250. The SMILES string of the molecule is CC(Cc1ccccc1)Nc1cc(N)ns1. The van der Waals surface area contributed by atoms with E-state index in [1.165, 1.54) is 17.1 Å². The van der Waals surface area contributed by atoms with Crippen molar-refractivity contribution < 1.29 is 0 Å². The van der Waals surface area contributed by atoms with Gasteiger partial charge < -0.3 is 11.1 Å². The molecule has 1 aromatic heterocycles. The van der Waals surface area contributed by atoms with Crippen molar-refractivity contribution in [1.82, 2.24) is 4.37 Å². The van der Waals surface area contributed by atoms with Crippen LogP contribution in [0.2, 0.25) is 0 Å². The minimum atomic E-state index is 0.377. The predicted octanol–water partition coefficient (Wildman–Crippen LogP) is 2.77. The Hall–Kier alpha value is -1.55. The molecule has 3 nitrogen and oxygen atoms in total. The Kier molecular flexibility index (Phi) is 3.41. The van der Waals surface area contributed by atoms with Crippen molar-refractivity contribution in [2.24, 2.45) is 0 Å². The van der Waals surface area contributed by atoms with Gasteiger partial charge in [-0.25, -0.2) is 0 Å². The van der Waals surface area contributed by atoms with Crippen molar-refractivity contribution in [3.8, 4) is 0 Å². The minimum absolute atomic E-state index is 0.377. The largest absolute Gasteiger partial charge is 0.383 e. The first kappa shape index (κ1) is 11.0. The fourth-order valence-corrected chi connectivity index (χ4v) is 2.30. The highest BCUT2D eigenvalue weighted by atomic mass is 32.1. The number of nitrogens with one attached hydrogen (secondary N) is 1. The van der Waals surface area contributed by atoms with E-state index < -0.39 is 0 Å². The van der Waals surface area contributed by atoms with E-state index in [1.54, 1.807) is 0 Å². The average Bonchev–Trinajstić information content (AvgIpc) is 2.65. The Morgan fingerprint density at radius 1 is 1.38 bits per heavy atom. The molecule has 1 atom stereocenters. The molecule has 1 heterocycles. The highest BCUT2D eigenvalue weighted by Gasteiger charge is 2.05. The highest BCUT2D eigenvalue weighted by Crippen LogP contribution is 2.19. The lowest BCUT2D eigenvalue weighted by atomic mass is 10.1. The molecule has 0 aliphatic rings. The maximum atomic E-state index is 5.57. The van der Waals surface area contributed by atoms with Crippen LogP contribution in [-0.2, 0) is 6.42 Å². The number of benzene rings is 1. The first-order valence-corrected chi connectivity index (χ1v) is 6.04. The number of hydrogen-bond donors (Lipinski definition) is 2. The zero-order chi connectivity index (χ0) is 11.4. The van der Waals surface area contributed by atoms with Crippen LogP contribution in [-0.4, -0.2) is 10.4 Å². The number of aromatic nitrogens is 1. The van der Waals surface area contributed by atoms with Crippen molar-refractivity contribution in [3.05, 3.63) is 42.0 Å². The number of nitrogens with two attached hydrogens (primary N) is 1. The fourth-order valence-electron chi connectivity index (χ4n) is 1.62. The number of nitrogens with zero attached hydrogens (tertiary/aromatic N) is 1. The van der Waals surface area contributed by atoms with Gasteiger partial charge in [0.15, 0.2) is 0 Å². The molecule has 0 saturated heterocycles. The van der Waals surface area contributed by atoms with Crippen molar-refractivity contribution in [3.63, 3.8) is 0 Å². The maximum Gasteiger partial charge on any atom is 0.139 e. The van der Waals surface area contributed by atoms with E-state index in [1.807, 2.05) is 12.1 Å². The second-order valence-electron chi connectivity index (χ2n) is 3.85. The van der Waals surface area contributed by atoms with Crippen LogP contribution in [0.4, 0.5) is 10.8 Å². The molecule has 2 rings (SSSR count). The Labute approximate surface area is 99.5 Å². The molecule has 1 aromatic carbocycles. The molecule has 0 amide bonds. The van der Waals surface area contributed by atoms with Crippen molar-refractivity contribution in [2.45, 2.75) is 19.4 Å². The van der Waals surface area contributed by atoms with Crippen molar-refractivity contribution >= 4 is 22.4 Å². The lowest BCUT2D eigenvalue weighted by molar-refractivity contribution is 0.793. The second kappa shape index (κ2) is 4.99. The lowest BCUT2D eigenvalue weighted by Crippen LogP contribution is -2.17. The topological polar surface area (TPSA) is 50.9 Å². The molecule has 0 fully saturated rings. The Balaban J connectivity index is 1.92. The molecule has 0 spiro atoms. The summed E-state index contributed by atoms with van der Waals surface area (Å²) in [6.07, 6.45) is 0.999. The predicted molar refractivity (Wildman–Crippen MR) is 69.8 cm³/mol. The van der Waals surface area contributed by atoms with Gasteiger partial charge in [-0.2, -0.15) is 4.37 Å². The van der Waals surface area contributed by atoms with E-state index >= 15 is 0 Å². The van der Waals surface area contributed by atoms with Gasteiger partial charge in [0.2, 0.25) is 0 Å². The molecule has 84 valence electrons. The molecule has 4 heteroatoms. The third-order valence-corrected chi connectivity index (χ3v) is 3.04. The normalized spacial score (nSPS) is 12.3. The Morgan fingerprint density at radius 3 is 2.75 bits per heavy atom. The van der Waals surface area contributed by atoms with Gasteiger partial charge in [0.25, 0.3) is 0 Å². The van der Waals surface area contributed by atoms with Gasteiger partial charge in [-0.15, -0.1) is 0 Å². The zero-order valence-electron chi connectivity index (χ0n) is 9.18. The number of hydrogen-bond acceptors (Lipinski definition) is 4. The molecule has 3 N–H and O–H groups in total. The molecule has 2 aromatic rings. The van der Waals surface area contributed by atoms with E-state index in [-0.39, 0.29) is 0 Å². The number of nitrogen functional groups attached to an aromatic ring is 1. The monoisotopic (exact) mass is 233 g/mol. The molecule has 0 aliphatic carbocycles. The summed E-state index contributed by atoms with van der Waals surface area (Å²) in [6, 6.07) is 12.7. The quantitative estimate of drug-likeness (QED) is 0.853. The molecule has 0 aliphatic heterocycles. The molecule has 0 saturated carbocycles. The van der Waals surface area contributed by atoms with Crippen LogP contribution in [0.1, 0.15) is 12.5 Å². The molecule has 0 radical (unpaired) electrons. The molecular formula is C12H15N3S. The second-order valence-corrected chi connectivity index (χ2v) is 4.66. The summed E-state index contributed by atoms with van der Waals surface area (Å²) in [7, 11) is 0. The van der Waals surface area contributed by atoms with E-state index in [4.69, 9.17) is 5.73 Å². The molecular weight excluding hydrogens is 218 g/mol. The lowest BCUT2D eigenvalue weighted by Gasteiger charge is -2.12. The molecule has 16 heavy (non-hydrogen) atoms. The third kappa shape index (κ3) is 2.97.